The van der Waals surface area contributed by atoms with Crippen LogP contribution in [0.5, 0.6) is 0 Å². The minimum Gasteiger partial charge on any atom is -0.125 e. The van der Waals surface area contributed by atoms with E-state index < -0.39 is 0 Å². The molecule has 0 saturated carbocycles. The number of nitrogens with zero attached hydrogens (tertiary/aromatic N) is 2. The van der Waals surface area contributed by atoms with Gasteiger partial charge in [-0.3, -0.25) is 0 Å². The van der Waals surface area contributed by atoms with Crippen LogP contribution in [0.4, 0.5) is 0 Å². The Kier molecular flexibility index (Phi) is 2.35. The molecule has 0 N–H and O–H groups in total. The maximum atomic E-state index is 2.24. The maximum absolute atomic E-state index is 2.24. The van der Waals surface area contributed by atoms with Gasteiger partial charge in [-0.25, -0.2) is 0 Å². The Balaban J connectivity index is 2.69. The molecule has 1 heterocycles. The molecule has 15 heavy (non-hydrogen) atoms. The number of hydrogen-bond donors (Lipinski definition) is 0. The first-order valence-electron chi connectivity index (χ1n) is 5.22. The summed E-state index contributed by atoms with van der Waals surface area (Å²) in [4.78, 5) is 0. The van der Waals surface area contributed by atoms with E-state index in [0.717, 1.165) is 0 Å². The predicted molar refractivity (Wildman–Crippen MR) is 61.2 cm³/mol. The molecule has 1 aromatic carbocycles. The van der Waals surface area contributed by atoms with Crippen LogP contribution in [0, 0.1) is 20.8 Å². The van der Waals surface area contributed by atoms with Crippen molar-refractivity contribution in [3.8, 4) is 5.69 Å². The molecule has 0 aliphatic heterocycles. The van der Waals surface area contributed by atoms with Gasteiger partial charge in [-0.1, -0.05) is 18.2 Å². The third-order valence-electron chi connectivity index (χ3n) is 2.91. The van der Waals surface area contributed by atoms with Gasteiger partial charge in [0.1, 0.15) is 5.69 Å². The number of aromatic nitrogens is 2. The van der Waals surface area contributed by atoms with Crippen molar-refractivity contribution in [2.75, 3.05) is 0 Å². The van der Waals surface area contributed by atoms with Crippen molar-refractivity contribution in [1.82, 2.24) is 4.68 Å². The second-order valence-electron chi connectivity index (χ2n) is 4.05. The molecule has 0 aliphatic rings. The third kappa shape index (κ3) is 1.56. The van der Waals surface area contributed by atoms with Gasteiger partial charge in [-0.15, -0.1) is 9.36 Å². The highest BCUT2D eigenvalue weighted by atomic mass is 15.4. The maximum Gasteiger partial charge on any atom is 0.205 e. The molecule has 2 nitrogen and oxygen atoms in total. The van der Waals surface area contributed by atoms with Crippen LogP contribution in [0.3, 0.4) is 0 Å². The van der Waals surface area contributed by atoms with E-state index in [0.29, 0.717) is 0 Å². The molecule has 2 heteroatoms. The molecule has 78 valence electrons. The first kappa shape index (κ1) is 9.97. The van der Waals surface area contributed by atoms with Crippen molar-refractivity contribution < 1.29 is 4.68 Å². The lowest BCUT2D eigenvalue weighted by atomic mass is 10.2. The molecule has 0 amide bonds. The average Bonchev–Trinajstić information content (AvgIpc) is 2.43. The standard InChI is InChI=1S/C13H17N2/c1-10-7-5-6-8-13(10)15-12(3)9-11(2)14(15)4/h5-9H,1-4H3/q+1. The molecular formula is C13H17N2+. The summed E-state index contributed by atoms with van der Waals surface area (Å²) in [7, 11) is 2.09. The quantitative estimate of drug-likeness (QED) is 0.626. The monoisotopic (exact) mass is 201 g/mol. The van der Waals surface area contributed by atoms with E-state index in [9.17, 15) is 0 Å². The predicted octanol–water partition coefficient (Wildman–Crippen LogP) is 2.23. The molecule has 1 aromatic heterocycles. The van der Waals surface area contributed by atoms with Crippen molar-refractivity contribution in [2.24, 2.45) is 7.05 Å². The zero-order valence-electron chi connectivity index (χ0n) is 9.78. The van der Waals surface area contributed by atoms with Gasteiger partial charge in [0.25, 0.3) is 0 Å². The molecule has 0 fully saturated rings. The Bertz CT molecular complexity index is 495. The summed E-state index contributed by atoms with van der Waals surface area (Å²) in [5.74, 6) is 0. The van der Waals surface area contributed by atoms with E-state index in [1.54, 1.807) is 0 Å². The van der Waals surface area contributed by atoms with Gasteiger partial charge in [0.2, 0.25) is 5.69 Å². The molecule has 0 aliphatic carbocycles. The van der Waals surface area contributed by atoms with E-state index in [2.05, 4.69) is 67.5 Å². The van der Waals surface area contributed by atoms with Crippen LogP contribution in [-0.2, 0) is 7.05 Å². The topological polar surface area (TPSA) is 8.81 Å². The number of aryl methyl sites for hydroxylation is 3. The van der Waals surface area contributed by atoms with Gasteiger partial charge in [-0.05, 0) is 25.5 Å². The Labute approximate surface area is 90.8 Å². The van der Waals surface area contributed by atoms with Crippen LogP contribution in [0.2, 0.25) is 0 Å². The minimum atomic E-state index is 1.26. The van der Waals surface area contributed by atoms with Crippen molar-refractivity contribution in [3.63, 3.8) is 0 Å². The fourth-order valence-electron chi connectivity index (χ4n) is 2.00. The lowest BCUT2D eigenvalue weighted by Crippen LogP contribution is -2.40. The third-order valence-corrected chi connectivity index (χ3v) is 2.91. The van der Waals surface area contributed by atoms with Gasteiger partial charge in [-0.2, -0.15) is 0 Å². The van der Waals surface area contributed by atoms with E-state index in [1.807, 2.05) is 0 Å². The number of hydrogen-bond acceptors (Lipinski definition) is 0. The van der Waals surface area contributed by atoms with Gasteiger partial charge >= 0.3 is 0 Å². The fraction of sp³-hybridized carbons (Fsp3) is 0.308. The van der Waals surface area contributed by atoms with Crippen LogP contribution >= 0.6 is 0 Å². The average molecular weight is 201 g/mol. The van der Waals surface area contributed by atoms with Crippen LogP contribution < -0.4 is 4.68 Å². The Morgan fingerprint density at radius 1 is 1.07 bits per heavy atom. The highest BCUT2D eigenvalue weighted by molar-refractivity contribution is 5.39. The van der Waals surface area contributed by atoms with E-state index in [1.165, 1.54) is 22.6 Å². The summed E-state index contributed by atoms with van der Waals surface area (Å²) in [5.41, 5.74) is 5.09. The first-order chi connectivity index (χ1) is 7.11. The molecule has 0 bridgehead atoms. The highest BCUT2D eigenvalue weighted by Gasteiger charge is 2.15. The number of rotatable bonds is 1. The van der Waals surface area contributed by atoms with E-state index in [-0.39, 0.29) is 0 Å². The van der Waals surface area contributed by atoms with Gasteiger partial charge < -0.3 is 0 Å². The van der Waals surface area contributed by atoms with Crippen LogP contribution in [0.25, 0.3) is 5.69 Å². The smallest absolute Gasteiger partial charge is 0.125 e. The van der Waals surface area contributed by atoms with Crippen LogP contribution in [-0.4, -0.2) is 4.68 Å². The van der Waals surface area contributed by atoms with E-state index >= 15 is 0 Å². The summed E-state index contributed by atoms with van der Waals surface area (Å²) in [6, 6.07) is 10.7. The fourth-order valence-corrected chi connectivity index (χ4v) is 2.00. The van der Waals surface area contributed by atoms with Crippen molar-refractivity contribution in [2.45, 2.75) is 20.8 Å². The molecular weight excluding hydrogens is 184 g/mol. The second kappa shape index (κ2) is 3.54. The van der Waals surface area contributed by atoms with Gasteiger partial charge in [0.05, 0.1) is 5.69 Å². The lowest BCUT2D eigenvalue weighted by Gasteiger charge is -2.06. The SMILES string of the molecule is Cc1ccccc1-n1c(C)cc(C)[n+]1C. The molecule has 2 aromatic rings. The molecule has 0 unspecified atom stereocenters. The summed E-state index contributed by atoms with van der Waals surface area (Å²) in [5, 5.41) is 0. The van der Waals surface area contributed by atoms with Crippen LogP contribution in [0.15, 0.2) is 30.3 Å². The number of para-hydroxylation sites is 1. The normalized spacial score (nSPS) is 10.7. The zero-order chi connectivity index (χ0) is 11.0. The summed E-state index contributed by atoms with van der Waals surface area (Å²) in [6.07, 6.45) is 0. The zero-order valence-corrected chi connectivity index (χ0v) is 9.78. The Morgan fingerprint density at radius 2 is 1.73 bits per heavy atom. The van der Waals surface area contributed by atoms with Crippen LogP contribution in [0.1, 0.15) is 17.0 Å². The molecule has 0 saturated heterocycles. The summed E-state index contributed by atoms with van der Waals surface area (Å²) >= 11 is 0. The van der Waals surface area contributed by atoms with Crippen molar-refractivity contribution in [1.29, 1.82) is 0 Å². The molecule has 0 atom stereocenters. The highest BCUT2D eigenvalue weighted by Crippen LogP contribution is 2.14. The molecule has 2 rings (SSSR count). The van der Waals surface area contributed by atoms with E-state index in [4.69, 9.17) is 0 Å². The molecule has 0 spiro atoms. The largest absolute Gasteiger partial charge is 0.205 e. The minimum absolute atomic E-state index is 1.26. The number of benzene rings is 1. The van der Waals surface area contributed by atoms with Crippen molar-refractivity contribution >= 4 is 0 Å². The van der Waals surface area contributed by atoms with Gasteiger partial charge in [0.15, 0.2) is 7.05 Å². The summed E-state index contributed by atoms with van der Waals surface area (Å²) < 4.78 is 4.42. The van der Waals surface area contributed by atoms with Gasteiger partial charge in [0, 0.05) is 13.0 Å². The van der Waals surface area contributed by atoms with Crippen molar-refractivity contribution in [3.05, 3.63) is 47.3 Å². The first-order valence-corrected chi connectivity index (χ1v) is 5.22. The lowest BCUT2D eigenvalue weighted by molar-refractivity contribution is -0.749. The second-order valence-corrected chi connectivity index (χ2v) is 4.05. The summed E-state index contributed by atoms with van der Waals surface area (Å²) in [6.45, 7) is 6.41. The Hall–Kier alpha value is -1.57. The molecule has 0 radical (unpaired) electrons. The Morgan fingerprint density at radius 3 is 2.27 bits per heavy atom.